The van der Waals surface area contributed by atoms with E-state index in [1.54, 1.807) is 11.3 Å². The van der Waals surface area contributed by atoms with Crippen molar-refractivity contribution in [3.05, 3.63) is 39.3 Å². The van der Waals surface area contributed by atoms with Gasteiger partial charge in [-0.3, -0.25) is 4.68 Å². The largest absolute Gasteiger partial charge is 0.306 e. The molecule has 0 atom stereocenters. The van der Waals surface area contributed by atoms with Crippen LogP contribution in [0.1, 0.15) is 42.3 Å². The molecule has 1 aliphatic carbocycles. The topological polar surface area (TPSA) is 29.9 Å². The molecule has 0 radical (unpaired) electrons. The van der Waals surface area contributed by atoms with Crippen LogP contribution in [0.15, 0.2) is 24.4 Å². The quantitative estimate of drug-likeness (QED) is 0.903. The molecule has 3 nitrogen and oxygen atoms in total. The van der Waals surface area contributed by atoms with Gasteiger partial charge in [0.2, 0.25) is 0 Å². The lowest BCUT2D eigenvalue weighted by Crippen LogP contribution is -2.13. The molecule has 1 N–H and O–H groups in total. The number of halogens is 1. The van der Waals surface area contributed by atoms with Crippen LogP contribution in [-0.2, 0) is 13.1 Å². The monoisotopic (exact) mass is 295 g/mol. The van der Waals surface area contributed by atoms with Crippen molar-refractivity contribution >= 4 is 22.9 Å². The molecule has 102 valence electrons. The lowest BCUT2D eigenvalue weighted by atomic mass is 10.3. The first-order valence-electron chi connectivity index (χ1n) is 6.80. The van der Waals surface area contributed by atoms with Gasteiger partial charge in [-0.15, -0.1) is 11.3 Å². The van der Waals surface area contributed by atoms with E-state index < -0.39 is 0 Å². The van der Waals surface area contributed by atoms with Gasteiger partial charge in [0, 0.05) is 24.2 Å². The van der Waals surface area contributed by atoms with E-state index in [4.69, 9.17) is 11.6 Å². The summed E-state index contributed by atoms with van der Waals surface area (Å²) in [5.41, 5.74) is 1.12. The predicted molar refractivity (Wildman–Crippen MR) is 79.6 cm³/mol. The van der Waals surface area contributed by atoms with Gasteiger partial charge in [0.25, 0.3) is 0 Å². The molecule has 5 heteroatoms. The molecule has 3 rings (SSSR count). The van der Waals surface area contributed by atoms with Gasteiger partial charge in [-0.2, -0.15) is 5.10 Å². The summed E-state index contributed by atoms with van der Waals surface area (Å²) in [6.45, 7) is 1.67. The molecule has 0 saturated heterocycles. The third-order valence-electron chi connectivity index (χ3n) is 3.60. The van der Waals surface area contributed by atoms with Crippen molar-refractivity contribution in [1.82, 2.24) is 15.1 Å². The van der Waals surface area contributed by atoms with Crippen molar-refractivity contribution in [3.8, 4) is 0 Å². The molecule has 0 spiro atoms. The first-order chi connectivity index (χ1) is 9.31. The molecule has 1 saturated carbocycles. The highest BCUT2D eigenvalue weighted by Gasteiger charge is 2.17. The minimum atomic E-state index is 0.629. The van der Waals surface area contributed by atoms with E-state index in [0.29, 0.717) is 6.04 Å². The maximum atomic E-state index is 5.91. The van der Waals surface area contributed by atoms with Crippen LogP contribution >= 0.6 is 22.9 Å². The molecule has 0 aromatic carbocycles. The average Bonchev–Trinajstić information content (AvgIpc) is 3.09. The van der Waals surface area contributed by atoms with Gasteiger partial charge in [-0.25, -0.2) is 0 Å². The van der Waals surface area contributed by atoms with Crippen LogP contribution in [0.5, 0.6) is 0 Å². The number of hydrogen-bond donors (Lipinski definition) is 1. The zero-order valence-electron chi connectivity index (χ0n) is 10.8. The van der Waals surface area contributed by atoms with Gasteiger partial charge >= 0.3 is 0 Å². The van der Waals surface area contributed by atoms with E-state index in [0.717, 1.165) is 23.1 Å². The molecular formula is C14H18ClN3S. The summed E-state index contributed by atoms with van der Waals surface area (Å²) in [4.78, 5) is 1.26. The Morgan fingerprint density at radius 2 is 2.11 bits per heavy atom. The van der Waals surface area contributed by atoms with E-state index in [-0.39, 0.29) is 0 Å². The number of nitrogens with zero attached hydrogens (tertiary/aromatic N) is 2. The SMILES string of the molecule is Clc1ccc(CNCc2ccn(C3CCCC3)n2)s1. The minimum Gasteiger partial charge on any atom is -0.306 e. The fraction of sp³-hybridized carbons (Fsp3) is 0.500. The second-order valence-corrected chi connectivity index (χ2v) is 6.83. The standard InChI is InChI=1S/C14H18ClN3S/c15-14-6-5-13(19-14)10-16-9-11-7-8-18(17-11)12-3-1-2-4-12/h5-8,12,16H,1-4,9-10H2. The lowest BCUT2D eigenvalue weighted by molar-refractivity contribution is 0.461. The average molecular weight is 296 g/mol. The molecule has 2 aromatic heterocycles. The van der Waals surface area contributed by atoms with Crippen molar-refractivity contribution in [2.45, 2.75) is 44.8 Å². The summed E-state index contributed by atoms with van der Waals surface area (Å²) < 4.78 is 2.99. The molecule has 0 aliphatic heterocycles. The van der Waals surface area contributed by atoms with Gasteiger partial charge < -0.3 is 5.32 Å². The van der Waals surface area contributed by atoms with Gasteiger partial charge in [-0.1, -0.05) is 24.4 Å². The Labute approximate surface area is 122 Å². The summed E-state index contributed by atoms with van der Waals surface area (Å²) >= 11 is 7.53. The second kappa shape index (κ2) is 6.07. The van der Waals surface area contributed by atoms with Gasteiger partial charge in [0.05, 0.1) is 16.1 Å². The van der Waals surface area contributed by atoms with Gasteiger partial charge in [-0.05, 0) is 31.0 Å². The maximum absolute atomic E-state index is 5.91. The number of aromatic nitrogens is 2. The fourth-order valence-electron chi connectivity index (χ4n) is 2.60. The molecule has 0 bridgehead atoms. The Balaban J connectivity index is 1.50. The summed E-state index contributed by atoms with van der Waals surface area (Å²) in [5.74, 6) is 0. The molecule has 1 fully saturated rings. The zero-order chi connectivity index (χ0) is 13.1. The Hall–Kier alpha value is -0.840. The molecule has 0 unspecified atom stereocenters. The van der Waals surface area contributed by atoms with Crippen molar-refractivity contribution in [3.63, 3.8) is 0 Å². The maximum Gasteiger partial charge on any atom is 0.0931 e. The van der Waals surface area contributed by atoms with Crippen molar-refractivity contribution < 1.29 is 0 Å². The highest BCUT2D eigenvalue weighted by Crippen LogP contribution is 2.28. The third kappa shape index (κ3) is 3.38. The van der Waals surface area contributed by atoms with E-state index in [1.165, 1.54) is 30.6 Å². The van der Waals surface area contributed by atoms with E-state index in [1.807, 2.05) is 6.07 Å². The highest BCUT2D eigenvalue weighted by atomic mass is 35.5. The summed E-state index contributed by atoms with van der Waals surface area (Å²) in [7, 11) is 0. The van der Waals surface area contributed by atoms with E-state index in [2.05, 4.69) is 33.4 Å². The van der Waals surface area contributed by atoms with Gasteiger partial charge in [0.15, 0.2) is 0 Å². The van der Waals surface area contributed by atoms with Crippen molar-refractivity contribution in [2.75, 3.05) is 0 Å². The predicted octanol–water partition coefficient (Wildman–Crippen LogP) is 4.00. The fourth-order valence-corrected chi connectivity index (χ4v) is 3.66. The first-order valence-corrected chi connectivity index (χ1v) is 8.00. The molecule has 19 heavy (non-hydrogen) atoms. The number of rotatable bonds is 5. The van der Waals surface area contributed by atoms with Crippen LogP contribution in [0.2, 0.25) is 4.34 Å². The minimum absolute atomic E-state index is 0.629. The molecule has 2 heterocycles. The number of thiophene rings is 1. The normalized spacial score (nSPS) is 16.3. The summed E-state index contributed by atoms with van der Waals surface area (Å²) in [6, 6.07) is 6.76. The van der Waals surface area contributed by atoms with Crippen LogP contribution in [0.3, 0.4) is 0 Å². The van der Waals surface area contributed by atoms with Crippen molar-refractivity contribution in [1.29, 1.82) is 0 Å². The van der Waals surface area contributed by atoms with E-state index in [9.17, 15) is 0 Å². The smallest absolute Gasteiger partial charge is 0.0931 e. The molecule has 2 aromatic rings. The molecule has 1 aliphatic rings. The Kier molecular flexibility index (Phi) is 4.21. The number of nitrogens with one attached hydrogen (secondary N) is 1. The second-order valence-electron chi connectivity index (χ2n) is 5.03. The Morgan fingerprint density at radius 1 is 1.26 bits per heavy atom. The van der Waals surface area contributed by atoms with E-state index >= 15 is 0 Å². The van der Waals surface area contributed by atoms with Crippen LogP contribution in [0.25, 0.3) is 0 Å². The van der Waals surface area contributed by atoms with Crippen molar-refractivity contribution in [2.24, 2.45) is 0 Å². The van der Waals surface area contributed by atoms with Crippen LogP contribution < -0.4 is 5.32 Å². The Bertz CT molecular complexity index is 528. The molecular weight excluding hydrogens is 278 g/mol. The first kappa shape index (κ1) is 13.2. The van der Waals surface area contributed by atoms with Crippen LogP contribution in [0, 0.1) is 0 Å². The molecule has 0 amide bonds. The highest BCUT2D eigenvalue weighted by molar-refractivity contribution is 7.16. The Morgan fingerprint density at radius 3 is 2.84 bits per heavy atom. The third-order valence-corrected chi connectivity index (χ3v) is 4.83. The van der Waals surface area contributed by atoms with Gasteiger partial charge in [0.1, 0.15) is 0 Å². The van der Waals surface area contributed by atoms with Crippen LogP contribution in [0.4, 0.5) is 0 Å². The lowest BCUT2D eigenvalue weighted by Gasteiger charge is -2.08. The zero-order valence-corrected chi connectivity index (χ0v) is 12.4. The summed E-state index contributed by atoms with van der Waals surface area (Å²) in [6.07, 6.45) is 7.37. The number of hydrogen-bond acceptors (Lipinski definition) is 3. The summed E-state index contributed by atoms with van der Waals surface area (Å²) in [5, 5.41) is 8.07. The van der Waals surface area contributed by atoms with Crippen LogP contribution in [-0.4, -0.2) is 9.78 Å².